The van der Waals surface area contributed by atoms with Crippen LogP contribution in [0.15, 0.2) is 23.7 Å². The lowest BCUT2D eigenvalue weighted by Gasteiger charge is -2.15. The van der Waals surface area contributed by atoms with E-state index in [1.807, 2.05) is 0 Å². The fraction of sp³-hybridized carbons (Fsp3) is 0.273. The van der Waals surface area contributed by atoms with Crippen molar-refractivity contribution < 1.29 is 17.1 Å². The van der Waals surface area contributed by atoms with Crippen LogP contribution in [0.5, 0.6) is 0 Å². The van der Waals surface area contributed by atoms with Gasteiger partial charge in [0, 0.05) is 18.7 Å². The highest BCUT2D eigenvalue weighted by Crippen LogP contribution is 2.29. The molecule has 2 heterocycles. The first kappa shape index (κ1) is 12.5. The lowest BCUT2D eigenvalue weighted by Crippen LogP contribution is -2.26. The third kappa shape index (κ3) is 2.21. The molecule has 8 heteroatoms. The van der Waals surface area contributed by atoms with Crippen LogP contribution in [-0.4, -0.2) is 31.1 Å². The summed E-state index contributed by atoms with van der Waals surface area (Å²) in [6.07, 6.45) is -0.306. The number of thiazole rings is 1. The highest BCUT2D eigenvalue weighted by molar-refractivity contribution is 7.87. The van der Waals surface area contributed by atoms with Gasteiger partial charge in [-0.2, -0.15) is 8.42 Å². The minimum atomic E-state index is -4.68. The minimum absolute atomic E-state index is 0.137. The molecular formula is C11H9FN2O3S2. The molecule has 19 heavy (non-hydrogen) atoms. The van der Waals surface area contributed by atoms with Gasteiger partial charge in [0.2, 0.25) is 5.91 Å². The van der Waals surface area contributed by atoms with Gasteiger partial charge < -0.3 is 4.90 Å². The van der Waals surface area contributed by atoms with E-state index in [1.165, 1.54) is 16.2 Å². The van der Waals surface area contributed by atoms with Crippen molar-refractivity contribution >= 4 is 43.4 Å². The fourth-order valence-corrected chi connectivity index (χ4v) is 3.50. The topological polar surface area (TPSA) is 67.3 Å². The molecule has 1 saturated heterocycles. The summed E-state index contributed by atoms with van der Waals surface area (Å²) < 4.78 is 35.6. The van der Waals surface area contributed by atoms with E-state index in [2.05, 4.69) is 4.98 Å². The molecule has 2 aromatic rings. The molecule has 1 unspecified atom stereocenters. The summed E-state index contributed by atoms with van der Waals surface area (Å²) in [7, 11) is -4.68. The van der Waals surface area contributed by atoms with Crippen molar-refractivity contribution in [1.82, 2.24) is 4.98 Å². The quantitative estimate of drug-likeness (QED) is 0.792. The molecule has 0 spiro atoms. The summed E-state index contributed by atoms with van der Waals surface area (Å²) in [6.45, 7) is -0.137. The molecule has 0 saturated carbocycles. The molecule has 1 aromatic heterocycles. The van der Waals surface area contributed by atoms with E-state index in [1.54, 1.807) is 23.7 Å². The second-order valence-electron chi connectivity index (χ2n) is 4.31. The number of carbonyl (C=O) groups excluding carboxylic acids is 1. The van der Waals surface area contributed by atoms with Crippen molar-refractivity contribution in [2.75, 3.05) is 11.4 Å². The molecule has 1 aliphatic heterocycles. The predicted octanol–water partition coefficient (Wildman–Crippen LogP) is 1.70. The molecule has 1 amide bonds. The van der Waals surface area contributed by atoms with Crippen LogP contribution < -0.4 is 4.90 Å². The molecule has 0 radical (unpaired) electrons. The Morgan fingerprint density at radius 2 is 2.21 bits per heavy atom. The largest absolute Gasteiger partial charge is 0.311 e. The zero-order chi connectivity index (χ0) is 13.6. The second kappa shape index (κ2) is 4.24. The average Bonchev–Trinajstić information content (AvgIpc) is 2.92. The highest BCUT2D eigenvalue weighted by atomic mass is 32.3. The van der Waals surface area contributed by atoms with Gasteiger partial charge in [0.25, 0.3) is 0 Å². The maximum Gasteiger partial charge on any atom is 0.307 e. The molecular weight excluding hydrogens is 291 g/mol. The molecule has 3 rings (SSSR count). The Labute approximate surface area is 112 Å². The SMILES string of the molecule is O=C1CC(S(=O)(=O)F)CN1c1ccc2ncsc2c1. The number of halogens is 1. The van der Waals surface area contributed by atoms with Gasteiger partial charge in [-0.25, -0.2) is 4.98 Å². The van der Waals surface area contributed by atoms with Crippen LogP contribution in [0.25, 0.3) is 10.2 Å². The normalized spacial score (nSPS) is 20.4. The number of carbonyl (C=O) groups is 1. The number of hydrogen-bond donors (Lipinski definition) is 0. The third-order valence-corrected chi connectivity index (χ3v) is 5.02. The summed E-state index contributed by atoms with van der Waals surface area (Å²) in [5, 5.41) is -1.27. The van der Waals surface area contributed by atoms with Gasteiger partial charge in [-0.15, -0.1) is 15.2 Å². The van der Waals surface area contributed by atoms with E-state index in [9.17, 15) is 17.1 Å². The molecule has 1 aromatic carbocycles. The molecule has 0 N–H and O–H groups in total. The number of rotatable bonds is 2. The zero-order valence-electron chi connectivity index (χ0n) is 9.61. The van der Waals surface area contributed by atoms with Crippen LogP contribution in [0.1, 0.15) is 6.42 Å². The Bertz CT molecular complexity index is 756. The maximum atomic E-state index is 12.9. The number of nitrogens with zero attached hydrogens (tertiary/aromatic N) is 2. The number of hydrogen-bond acceptors (Lipinski definition) is 5. The van der Waals surface area contributed by atoms with Gasteiger partial charge in [0.1, 0.15) is 5.25 Å². The van der Waals surface area contributed by atoms with Crippen molar-refractivity contribution in [3.05, 3.63) is 23.7 Å². The van der Waals surface area contributed by atoms with E-state index in [0.717, 1.165) is 10.2 Å². The van der Waals surface area contributed by atoms with E-state index < -0.39 is 15.5 Å². The highest BCUT2D eigenvalue weighted by Gasteiger charge is 2.39. The summed E-state index contributed by atoms with van der Waals surface area (Å²) in [6, 6.07) is 5.21. The monoisotopic (exact) mass is 300 g/mol. The lowest BCUT2D eigenvalue weighted by molar-refractivity contribution is -0.117. The second-order valence-corrected chi connectivity index (χ2v) is 6.81. The molecule has 0 bridgehead atoms. The summed E-state index contributed by atoms with van der Waals surface area (Å²) in [5.74, 6) is -0.380. The van der Waals surface area contributed by atoms with Gasteiger partial charge in [0.05, 0.1) is 15.7 Å². The van der Waals surface area contributed by atoms with Crippen molar-refractivity contribution in [1.29, 1.82) is 0 Å². The molecule has 0 aliphatic carbocycles. The molecule has 1 atom stereocenters. The van der Waals surface area contributed by atoms with Crippen molar-refractivity contribution in [2.24, 2.45) is 0 Å². The van der Waals surface area contributed by atoms with Gasteiger partial charge in [-0.05, 0) is 18.2 Å². The first-order chi connectivity index (χ1) is 8.95. The summed E-state index contributed by atoms with van der Waals surface area (Å²) in [4.78, 5) is 17.2. The summed E-state index contributed by atoms with van der Waals surface area (Å²) >= 11 is 1.43. The van der Waals surface area contributed by atoms with E-state index >= 15 is 0 Å². The van der Waals surface area contributed by atoms with Crippen molar-refractivity contribution in [2.45, 2.75) is 11.7 Å². The van der Waals surface area contributed by atoms with Gasteiger partial charge >= 0.3 is 10.2 Å². The van der Waals surface area contributed by atoms with E-state index in [-0.39, 0.29) is 18.9 Å². The Morgan fingerprint density at radius 3 is 2.89 bits per heavy atom. The lowest BCUT2D eigenvalue weighted by atomic mass is 10.3. The zero-order valence-corrected chi connectivity index (χ0v) is 11.2. The predicted molar refractivity (Wildman–Crippen MR) is 70.4 cm³/mol. The number of benzene rings is 1. The third-order valence-electron chi connectivity index (χ3n) is 3.11. The van der Waals surface area contributed by atoms with Crippen molar-refractivity contribution in [3.8, 4) is 0 Å². The standard InChI is InChI=1S/C11H9FN2O3S2/c12-19(16,17)8-4-11(15)14(5-8)7-1-2-9-10(3-7)18-6-13-9/h1-3,6,8H,4-5H2. The van der Waals surface area contributed by atoms with Gasteiger partial charge in [-0.1, -0.05) is 0 Å². The average molecular weight is 300 g/mol. The number of fused-ring (bicyclic) bond motifs is 1. The smallest absolute Gasteiger partial charge is 0.307 e. The number of amides is 1. The van der Waals surface area contributed by atoms with E-state index in [0.29, 0.717) is 5.69 Å². The fourth-order valence-electron chi connectivity index (χ4n) is 2.12. The number of anilines is 1. The Hall–Kier alpha value is -1.54. The van der Waals surface area contributed by atoms with Crippen LogP contribution in [0.4, 0.5) is 9.57 Å². The molecule has 1 fully saturated rings. The van der Waals surface area contributed by atoms with Gasteiger partial charge in [0.15, 0.2) is 0 Å². The minimum Gasteiger partial charge on any atom is -0.311 e. The first-order valence-corrected chi connectivity index (χ1v) is 7.85. The van der Waals surface area contributed by atoms with Crippen LogP contribution >= 0.6 is 11.3 Å². The Balaban J connectivity index is 1.96. The summed E-state index contributed by atoms with van der Waals surface area (Å²) in [5.41, 5.74) is 3.08. The number of aromatic nitrogens is 1. The first-order valence-electron chi connectivity index (χ1n) is 5.52. The van der Waals surface area contributed by atoms with E-state index in [4.69, 9.17) is 0 Å². The molecule has 100 valence electrons. The Morgan fingerprint density at radius 1 is 1.42 bits per heavy atom. The van der Waals surface area contributed by atoms with Crippen molar-refractivity contribution in [3.63, 3.8) is 0 Å². The van der Waals surface area contributed by atoms with Crippen LogP contribution in [-0.2, 0) is 15.0 Å². The van der Waals surface area contributed by atoms with Crippen LogP contribution in [0, 0.1) is 0 Å². The maximum absolute atomic E-state index is 12.9. The van der Waals surface area contributed by atoms with Crippen LogP contribution in [0.2, 0.25) is 0 Å². The molecule has 1 aliphatic rings. The Kier molecular flexibility index (Phi) is 2.79. The molecule has 5 nitrogen and oxygen atoms in total. The van der Waals surface area contributed by atoms with Gasteiger partial charge in [-0.3, -0.25) is 4.79 Å². The van der Waals surface area contributed by atoms with Crippen LogP contribution in [0.3, 0.4) is 0 Å².